The van der Waals surface area contributed by atoms with E-state index in [0.717, 1.165) is 0 Å². The Labute approximate surface area is 49.0 Å². The molecule has 5 heteroatoms. The van der Waals surface area contributed by atoms with Gasteiger partial charge in [-0.25, -0.2) is 0 Å². The van der Waals surface area contributed by atoms with E-state index in [1.807, 2.05) is 0 Å². The topological polar surface area (TPSA) is 93.2 Å². The van der Waals surface area contributed by atoms with E-state index in [0.29, 0.717) is 0 Å². The maximum atomic E-state index is 8.33. The van der Waals surface area contributed by atoms with Gasteiger partial charge in [0.2, 0.25) is 0 Å². The summed E-state index contributed by atoms with van der Waals surface area (Å²) in [6.07, 6.45) is -2.33. The van der Waals surface area contributed by atoms with Crippen molar-refractivity contribution in [2.24, 2.45) is 0 Å². The standard InChI is InChI=1S/CH2O3.H2O.Ti/c2-1(3)4;;/h(H2,2,3,4);1H2;/q;;+3/p-3. The minimum absolute atomic E-state index is 0. The Morgan fingerprint density at radius 3 is 1.33 bits per heavy atom. The van der Waals surface area contributed by atoms with Gasteiger partial charge in [-0.1, -0.05) is 0 Å². The fourth-order valence-electron chi connectivity index (χ4n) is 0. The minimum Gasteiger partial charge on any atom is -0.870 e. The van der Waals surface area contributed by atoms with Crippen LogP contribution in [0.2, 0.25) is 0 Å². The zero-order valence-corrected chi connectivity index (χ0v) is 4.23. The number of carbonyl (C=O) groups is 1. The molecule has 0 spiro atoms. The molecule has 0 amide bonds. The number of carboxylic acid groups (broad SMARTS) is 2. The SMILES string of the molecule is O=C([O-])[O-].[OH-].[Ti+3]. The van der Waals surface area contributed by atoms with Gasteiger partial charge < -0.3 is 20.5 Å². The molecule has 0 aliphatic carbocycles. The molecule has 1 N–H and O–H groups in total. The summed E-state index contributed by atoms with van der Waals surface area (Å²) in [7, 11) is 0. The van der Waals surface area contributed by atoms with Gasteiger partial charge in [-0.15, -0.1) is 0 Å². The Hall–Kier alpha value is -0.0557. The van der Waals surface area contributed by atoms with Gasteiger partial charge >= 0.3 is 21.7 Å². The molecular formula is CHO4Ti. The van der Waals surface area contributed by atoms with Crippen LogP contribution in [0.3, 0.4) is 0 Å². The summed E-state index contributed by atoms with van der Waals surface area (Å²) < 4.78 is 0. The third-order valence-corrected chi connectivity index (χ3v) is 0. The van der Waals surface area contributed by atoms with E-state index in [-0.39, 0.29) is 27.2 Å². The molecule has 6 heavy (non-hydrogen) atoms. The predicted molar refractivity (Wildman–Crippen MR) is 7.33 cm³/mol. The van der Waals surface area contributed by atoms with Crippen LogP contribution >= 0.6 is 0 Å². The van der Waals surface area contributed by atoms with Crippen molar-refractivity contribution in [3.05, 3.63) is 0 Å². The molecule has 0 bridgehead atoms. The van der Waals surface area contributed by atoms with E-state index in [1.54, 1.807) is 0 Å². The molecule has 0 heterocycles. The third-order valence-electron chi connectivity index (χ3n) is 0. The molecule has 0 aliphatic rings. The van der Waals surface area contributed by atoms with Gasteiger partial charge in [0.1, 0.15) is 0 Å². The second-order valence-electron chi connectivity index (χ2n) is 0.250. The molecule has 0 saturated heterocycles. The summed E-state index contributed by atoms with van der Waals surface area (Å²) in [5.74, 6) is 0. The second kappa shape index (κ2) is 8.87. The summed E-state index contributed by atoms with van der Waals surface area (Å²) in [6, 6.07) is 0. The van der Waals surface area contributed by atoms with Gasteiger partial charge in [0.25, 0.3) is 0 Å². The zero-order valence-electron chi connectivity index (χ0n) is 2.67. The fraction of sp³-hybridized carbons (Fsp3) is 0. The molecular weight excluding hydrogens is 124 g/mol. The Balaban J connectivity index is -0.0000000450. The largest absolute Gasteiger partial charge is 3.00 e. The zero-order chi connectivity index (χ0) is 3.58. The first-order valence-corrected chi connectivity index (χ1v) is 0.612. The van der Waals surface area contributed by atoms with Gasteiger partial charge in [0.15, 0.2) is 0 Å². The van der Waals surface area contributed by atoms with Crippen molar-refractivity contribution in [3.8, 4) is 0 Å². The van der Waals surface area contributed by atoms with E-state index in [2.05, 4.69) is 0 Å². The molecule has 0 atom stereocenters. The monoisotopic (exact) mass is 125 g/mol. The molecule has 0 unspecified atom stereocenters. The molecule has 33 valence electrons. The average Bonchev–Trinajstić information content (AvgIpc) is 0.811. The second-order valence-corrected chi connectivity index (χ2v) is 0.250. The molecule has 0 aromatic carbocycles. The van der Waals surface area contributed by atoms with E-state index in [1.165, 1.54) is 0 Å². The molecule has 0 aromatic rings. The van der Waals surface area contributed by atoms with E-state index >= 15 is 0 Å². The van der Waals surface area contributed by atoms with Gasteiger partial charge in [-0.05, 0) is 6.16 Å². The third kappa shape index (κ3) is 11000. The van der Waals surface area contributed by atoms with Crippen molar-refractivity contribution in [2.75, 3.05) is 0 Å². The summed E-state index contributed by atoms with van der Waals surface area (Å²) in [5, 5.41) is 16.7. The predicted octanol–water partition coefficient (Wildman–Crippen LogP) is -2.63. The quantitative estimate of drug-likeness (QED) is 0.331. The molecule has 0 rings (SSSR count). The molecule has 0 aliphatic heterocycles. The first-order chi connectivity index (χ1) is 1.73. The maximum absolute atomic E-state index is 8.33. The molecule has 4 nitrogen and oxygen atoms in total. The Bertz CT molecular complexity index is 30.5. The molecule has 0 fully saturated rings. The summed E-state index contributed by atoms with van der Waals surface area (Å²) in [6.45, 7) is 0. The number of hydrogen-bond acceptors (Lipinski definition) is 4. The molecule has 0 aromatic heterocycles. The van der Waals surface area contributed by atoms with Crippen molar-refractivity contribution >= 4 is 6.16 Å². The molecule has 0 saturated carbocycles. The van der Waals surface area contributed by atoms with E-state index in [9.17, 15) is 0 Å². The van der Waals surface area contributed by atoms with Crippen molar-refractivity contribution < 1.29 is 42.2 Å². The van der Waals surface area contributed by atoms with Crippen LogP contribution in [0.5, 0.6) is 0 Å². The van der Waals surface area contributed by atoms with Gasteiger partial charge in [0, 0.05) is 0 Å². The number of rotatable bonds is 0. The van der Waals surface area contributed by atoms with Crippen molar-refractivity contribution in [1.29, 1.82) is 0 Å². The summed E-state index contributed by atoms with van der Waals surface area (Å²) >= 11 is 0. The summed E-state index contributed by atoms with van der Waals surface area (Å²) in [4.78, 5) is 8.33. The van der Waals surface area contributed by atoms with E-state index < -0.39 is 6.16 Å². The van der Waals surface area contributed by atoms with Crippen LogP contribution in [0.25, 0.3) is 0 Å². The van der Waals surface area contributed by atoms with Gasteiger partial charge in [-0.2, -0.15) is 0 Å². The van der Waals surface area contributed by atoms with Crippen molar-refractivity contribution in [3.63, 3.8) is 0 Å². The van der Waals surface area contributed by atoms with Crippen LogP contribution in [0.1, 0.15) is 0 Å². The minimum atomic E-state index is -2.33. The number of hydrogen-bond donors (Lipinski definition) is 0. The van der Waals surface area contributed by atoms with Crippen molar-refractivity contribution in [2.45, 2.75) is 0 Å². The van der Waals surface area contributed by atoms with Crippen LogP contribution in [-0.4, -0.2) is 11.6 Å². The van der Waals surface area contributed by atoms with Crippen molar-refractivity contribution in [1.82, 2.24) is 0 Å². The summed E-state index contributed by atoms with van der Waals surface area (Å²) in [5.41, 5.74) is 0. The molecule has 1 radical (unpaired) electrons. The van der Waals surface area contributed by atoms with Crippen LogP contribution in [-0.2, 0) is 21.7 Å². The van der Waals surface area contributed by atoms with Crippen LogP contribution in [0.4, 0.5) is 4.79 Å². The maximum Gasteiger partial charge on any atom is 3.00 e. The van der Waals surface area contributed by atoms with Crippen LogP contribution in [0.15, 0.2) is 0 Å². The van der Waals surface area contributed by atoms with Gasteiger partial charge in [-0.3, -0.25) is 0 Å². The average molecular weight is 125 g/mol. The number of carbonyl (C=O) groups excluding carboxylic acids is 1. The smallest absolute Gasteiger partial charge is 0.870 e. The Morgan fingerprint density at radius 1 is 1.33 bits per heavy atom. The fourth-order valence-corrected chi connectivity index (χ4v) is 0. The van der Waals surface area contributed by atoms with Crippen LogP contribution in [0, 0.1) is 0 Å². The Kier molecular flexibility index (Phi) is 24.8. The normalized spacial score (nSPS) is 4.00. The Morgan fingerprint density at radius 2 is 1.33 bits per heavy atom. The van der Waals surface area contributed by atoms with Crippen LogP contribution < -0.4 is 10.2 Å². The first kappa shape index (κ1) is 16.8. The first-order valence-electron chi connectivity index (χ1n) is 0.612. The van der Waals surface area contributed by atoms with E-state index in [4.69, 9.17) is 15.0 Å². The van der Waals surface area contributed by atoms with Gasteiger partial charge in [0.05, 0.1) is 0 Å².